The van der Waals surface area contributed by atoms with Crippen LogP contribution in [0.4, 0.5) is 29.3 Å². The summed E-state index contributed by atoms with van der Waals surface area (Å²) in [6.07, 6.45) is 3.87. The average Bonchev–Trinajstić information content (AvgIpc) is 3.56. The Morgan fingerprint density at radius 2 is 1.73 bits per heavy atom. The lowest BCUT2D eigenvalue weighted by molar-refractivity contribution is -0.137. The zero-order valence-corrected chi connectivity index (χ0v) is 23.8. The van der Waals surface area contributed by atoms with Gasteiger partial charge >= 0.3 is 12.2 Å². The number of rotatable bonds is 8. The summed E-state index contributed by atoms with van der Waals surface area (Å²) in [4.78, 5) is 34.5. The summed E-state index contributed by atoms with van der Waals surface area (Å²) >= 11 is 0. The number of aryl methyl sites for hydroxylation is 1. The van der Waals surface area contributed by atoms with Crippen molar-refractivity contribution < 1.29 is 22.7 Å². The molecule has 0 aliphatic carbocycles. The molecule has 3 heterocycles. The molecule has 10 nitrogen and oxygen atoms in total. The molecule has 0 unspecified atom stereocenters. The minimum absolute atomic E-state index is 0.0209. The topological polar surface area (TPSA) is 120 Å². The molecule has 0 aliphatic rings. The van der Waals surface area contributed by atoms with Gasteiger partial charge in [0.25, 0.3) is 0 Å². The summed E-state index contributed by atoms with van der Waals surface area (Å²) in [5.74, 6) is 1.80. The van der Waals surface area contributed by atoms with Gasteiger partial charge in [-0.2, -0.15) is 13.2 Å². The SMILES string of the molecule is CCc1ncnc(-c2cccnc2Oc2ccc(NC(=O)Nc3cc(C(F)(F)F)ccc3Cn3ccnc3)c3ccccc23)n1. The van der Waals surface area contributed by atoms with Crippen LogP contribution in [-0.4, -0.2) is 35.5 Å². The Morgan fingerprint density at radius 1 is 0.911 bits per heavy atom. The number of alkyl halides is 3. The highest BCUT2D eigenvalue weighted by Gasteiger charge is 2.31. The maximum Gasteiger partial charge on any atom is 0.416 e. The van der Waals surface area contributed by atoms with Gasteiger partial charge in [-0.1, -0.05) is 37.3 Å². The molecule has 0 radical (unpaired) electrons. The van der Waals surface area contributed by atoms with Crippen molar-refractivity contribution in [2.75, 3.05) is 10.6 Å². The first kappa shape index (κ1) is 29.2. The van der Waals surface area contributed by atoms with E-state index < -0.39 is 17.8 Å². The van der Waals surface area contributed by atoms with Gasteiger partial charge in [0.1, 0.15) is 17.9 Å². The van der Waals surface area contributed by atoms with Crippen LogP contribution in [0.2, 0.25) is 0 Å². The summed E-state index contributed by atoms with van der Waals surface area (Å²) in [5, 5.41) is 6.67. The smallest absolute Gasteiger partial charge is 0.416 e. The lowest BCUT2D eigenvalue weighted by atomic mass is 10.1. The molecule has 2 amide bonds. The first-order chi connectivity index (χ1) is 21.8. The Morgan fingerprint density at radius 3 is 2.51 bits per heavy atom. The molecule has 3 aromatic heterocycles. The van der Waals surface area contributed by atoms with Gasteiger partial charge in [-0.05, 0) is 42.0 Å². The second-order valence-corrected chi connectivity index (χ2v) is 9.88. The molecule has 0 spiro atoms. The quantitative estimate of drug-likeness (QED) is 0.185. The van der Waals surface area contributed by atoms with Gasteiger partial charge in [0.05, 0.1) is 29.7 Å². The van der Waals surface area contributed by atoms with Crippen LogP contribution in [-0.2, 0) is 19.1 Å². The number of amides is 2. The van der Waals surface area contributed by atoms with Gasteiger partial charge in [0, 0.05) is 41.5 Å². The zero-order chi connectivity index (χ0) is 31.4. The molecule has 0 saturated heterocycles. The maximum absolute atomic E-state index is 13.5. The molecule has 6 aromatic rings. The van der Waals surface area contributed by atoms with E-state index in [1.807, 2.05) is 19.1 Å². The van der Waals surface area contributed by atoms with Crippen LogP contribution in [0.3, 0.4) is 0 Å². The number of nitrogens with zero attached hydrogens (tertiary/aromatic N) is 6. The van der Waals surface area contributed by atoms with Gasteiger partial charge in [0.15, 0.2) is 5.82 Å². The zero-order valence-electron chi connectivity index (χ0n) is 23.8. The van der Waals surface area contributed by atoms with Crippen molar-refractivity contribution in [1.29, 1.82) is 0 Å². The molecule has 6 rings (SSSR count). The number of aromatic nitrogens is 6. The van der Waals surface area contributed by atoms with Gasteiger partial charge < -0.3 is 19.9 Å². The molecular formula is C32H25F3N8O2. The van der Waals surface area contributed by atoms with Crippen LogP contribution in [0.1, 0.15) is 23.9 Å². The number of halogens is 3. The standard InChI is InChI=1S/C32H25F3N8O2/c1-2-28-38-18-39-29(42-28)24-8-5-13-37-30(24)45-27-12-11-25(22-6-3-4-7-23(22)27)40-31(44)41-26-16-21(32(33,34)35)10-9-20(26)17-43-15-14-36-19-43/h3-16,18-19H,2,17H2,1H3,(H2,40,41,44). The molecule has 226 valence electrons. The second-order valence-electron chi connectivity index (χ2n) is 9.88. The number of benzene rings is 3. The Labute approximate surface area is 255 Å². The van der Waals surface area contributed by atoms with Crippen LogP contribution < -0.4 is 15.4 Å². The predicted octanol–water partition coefficient (Wildman–Crippen LogP) is 7.35. The number of urea groups is 1. The average molecular weight is 611 g/mol. The minimum atomic E-state index is -4.58. The van der Waals surface area contributed by atoms with Crippen LogP contribution in [0, 0.1) is 0 Å². The Hall–Kier alpha value is -5.85. The predicted molar refractivity (Wildman–Crippen MR) is 162 cm³/mol. The normalized spacial score (nSPS) is 11.4. The monoisotopic (exact) mass is 610 g/mol. The third-order valence-corrected chi connectivity index (χ3v) is 6.89. The van der Waals surface area contributed by atoms with Crippen LogP contribution in [0.5, 0.6) is 11.6 Å². The van der Waals surface area contributed by atoms with Crippen molar-refractivity contribution in [2.45, 2.75) is 26.1 Å². The van der Waals surface area contributed by atoms with Crippen molar-refractivity contribution in [2.24, 2.45) is 0 Å². The van der Waals surface area contributed by atoms with Crippen molar-refractivity contribution in [3.63, 3.8) is 0 Å². The summed E-state index contributed by atoms with van der Waals surface area (Å²) in [5.41, 5.74) is 0.613. The van der Waals surface area contributed by atoms with E-state index in [1.54, 1.807) is 59.6 Å². The van der Waals surface area contributed by atoms with E-state index in [9.17, 15) is 18.0 Å². The number of fused-ring (bicyclic) bond motifs is 1. The van der Waals surface area contributed by atoms with Gasteiger partial charge in [-0.15, -0.1) is 0 Å². The fourth-order valence-electron chi connectivity index (χ4n) is 4.71. The van der Waals surface area contributed by atoms with Crippen LogP contribution in [0.25, 0.3) is 22.2 Å². The number of carbonyl (C=O) groups is 1. The van der Waals surface area contributed by atoms with E-state index in [0.29, 0.717) is 51.4 Å². The van der Waals surface area contributed by atoms with E-state index in [2.05, 4.69) is 35.6 Å². The summed E-state index contributed by atoms with van der Waals surface area (Å²) in [6, 6.07) is 16.7. The van der Waals surface area contributed by atoms with E-state index in [1.165, 1.54) is 18.7 Å². The van der Waals surface area contributed by atoms with E-state index in [-0.39, 0.29) is 18.1 Å². The molecule has 2 N–H and O–H groups in total. The number of nitrogens with one attached hydrogen (secondary N) is 2. The largest absolute Gasteiger partial charge is 0.438 e. The molecule has 3 aromatic carbocycles. The maximum atomic E-state index is 13.5. The van der Waals surface area contributed by atoms with Crippen molar-refractivity contribution in [3.05, 3.63) is 115 Å². The van der Waals surface area contributed by atoms with Crippen molar-refractivity contribution >= 4 is 28.2 Å². The van der Waals surface area contributed by atoms with Crippen LogP contribution in [0.15, 0.2) is 98.0 Å². The molecular weight excluding hydrogens is 585 g/mol. The summed E-state index contributed by atoms with van der Waals surface area (Å²) in [6.45, 7) is 2.16. The molecule has 0 bridgehead atoms. The number of pyridine rings is 1. The van der Waals surface area contributed by atoms with Crippen molar-refractivity contribution in [1.82, 2.24) is 29.5 Å². The van der Waals surface area contributed by atoms with Gasteiger partial charge in [-0.3, -0.25) is 0 Å². The third kappa shape index (κ3) is 6.56. The summed E-state index contributed by atoms with van der Waals surface area (Å²) in [7, 11) is 0. The number of carbonyl (C=O) groups excluding carboxylic acids is 1. The molecule has 45 heavy (non-hydrogen) atoms. The summed E-state index contributed by atoms with van der Waals surface area (Å²) < 4.78 is 48.5. The van der Waals surface area contributed by atoms with Crippen molar-refractivity contribution in [3.8, 4) is 23.0 Å². The Kier molecular flexibility index (Phi) is 8.06. The fraction of sp³-hybridized carbons (Fsp3) is 0.125. The molecule has 0 saturated carbocycles. The fourth-order valence-corrected chi connectivity index (χ4v) is 4.71. The third-order valence-electron chi connectivity index (χ3n) is 6.89. The Bertz CT molecular complexity index is 1980. The lowest BCUT2D eigenvalue weighted by Gasteiger charge is -2.17. The number of hydrogen-bond donors (Lipinski definition) is 2. The molecule has 0 fully saturated rings. The number of imidazole rings is 1. The van der Waals surface area contributed by atoms with Gasteiger partial charge in [-0.25, -0.2) is 29.7 Å². The number of hydrogen-bond acceptors (Lipinski definition) is 7. The molecule has 0 atom stereocenters. The van der Waals surface area contributed by atoms with Crippen LogP contribution >= 0.6 is 0 Å². The first-order valence-electron chi connectivity index (χ1n) is 13.8. The number of anilines is 2. The van der Waals surface area contributed by atoms with E-state index in [4.69, 9.17) is 4.74 Å². The lowest BCUT2D eigenvalue weighted by Crippen LogP contribution is -2.21. The molecule has 0 aliphatic heterocycles. The number of ether oxygens (including phenoxy) is 1. The second kappa shape index (κ2) is 12.4. The van der Waals surface area contributed by atoms with Gasteiger partial charge in [0.2, 0.25) is 5.88 Å². The van der Waals surface area contributed by atoms with E-state index >= 15 is 0 Å². The van der Waals surface area contributed by atoms with E-state index in [0.717, 1.165) is 12.1 Å². The highest BCUT2D eigenvalue weighted by molar-refractivity contribution is 6.07. The highest BCUT2D eigenvalue weighted by Crippen LogP contribution is 2.37. The molecule has 13 heteroatoms. The Balaban J connectivity index is 1.28. The first-order valence-corrected chi connectivity index (χ1v) is 13.8. The highest BCUT2D eigenvalue weighted by atomic mass is 19.4. The minimum Gasteiger partial charge on any atom is -0.438 e.